The van der Waals surface area contributed by atoms with Gasteiger partial charge in [0, 0.05) is 30.6 Å². The van der Waals surface area contributed by atoms with Crippen LogP contribution in [0.5, 0.6) is 0 Å². The third kappa shape index (κ3) is 6.04. The van der Waals surface area contributed by atoms with Gasteiger partial charge in [0.25, 0.3) is 0 Å². The number of nitrogens with one attached hydrogen (secondary N) is 2. The second-order valence-electron chi connectivity index (χ2n) is 6.67. The number of esters is 1. The first-order chi connectivity index (χ1) is 14.5. The molecular formula is C21H23ClN4O2S2. The first-order valence-electron chi connectivity index (χ1n) is 9.45. The molecule has 0 saturated carbocycles. The van der Waals surface area contributed by atoms with E-state index in [-0.39, 0.29) is 5.97 Å². The number of aromatic nitrogens is 2. The fraction of sp³-hybridized carbons (Fsp3) is 0.286. The lowest BCUT2D eigenvalue weighted by atomic mass is 10.1. The molecule has 0 unspecified atom stereocenters. The molecule has 0 aliphatic carbocycles. The zero-order valence-corrected chi connectivity index (χ0v) is 19.2. The molecule has 9 heteroatoms. The molecule has 158 valence electrons. The van der Waals surface area contributed by atoms with E-state index in [2.05, 4.69) is 27.9 Å². The molecule has 0 saturated heterocycles. The molecule has 6 nitrogen and oxygen atoms in total. The van der Waals surface area contributed by atoms with Crippen LogP contribution in [0.25, 0.3) is 0 Å². The molecule has 2 heterocycles. The van der Waals surface area contributed by atoms with Gasteiger partial charge in [-0.25, -0.2) is 4.79 Å². The molecule has 0 bridgehead atoms. The molecule has 3 rings (SSSR count). The minimum absolute atomic E-state index is 0.387. The lowest BCUT2D eigenvalue weighted by Gasteiger charge is -2.10. The van der Waals surface area contributed by atoms with Gasteiger partial charge >= 0.3 is 5.97 Å². The number of thiophene rings is 1. The van der Waals surface area contributed by atoms with Crippen LogP contribution >= 0.6 is 35.2 Å². The van der Waals surface area contributed by atoms with Crippen molar-refractivity contribution in [1.82, 2.24) is 15.1 Å². The third-order valence-corrected chi connectivity index (χ3v) is 6.04. The molecule has 0 fully saturated rings. The van der Waals surface area contributed by atoms with Gasteiger partial charge in [-0.15, -0.1) is 11.3 Å². The number of benzene rings is 1. The summed E-state index contributed by atoms with van der Waals surface area (Å²) in [6.45, 7) is 3.27. The molecule has 30 heavy (non-hydrogen) atoms. The van der Waals surface area contributed by atoms with Crippen molar-refractivity contribution >= 4 is 51.2 Å². The second-order valence-corrected chi connectivity index (χ2v) is 8.62. The Morgan fingerprint density at radius 1 is 1.33 bits per heavy atom. The van der Waals surface area contributed by atoms with E-state index < -0.39 is 0 Å². The van der Waals surface area contributed by atoms with Crippen LogP contribution in [0.1, 0.15) is 32.9 Å². The number of carbonyl (C=O) groups excluding carboxylic acids is 1. The van der Waals surface area contributed by atoms with Crippen molar-refractivity contribution in [3.8, 4) is 0 Å². The number of hydrogen-bond acceptors (Lipinski definition) is 5. The molecule has 1 aromatic carbocycles. The highest BCUT2D eigenvalue weighted by atomic mass is 35.5. The summed E-state index contributed by atoms with van der Waals surface area (Å²) < 4.78 is 6.74. The summed E-state index contributed by atoms with van der Waals surface area (Å²) in [7, 11) is 1.38. The van der Waals surface area contributed by atoms with Gasteiger partial charge in [-0.2, -0.15) is 5.10 Å². The Morgan fingerprint density at radius 3 is 2.77 bits per heavy atom. The molecule has 0 aliphatic heterocycles. The zero-order chi connectivity index (χ0) is 21.5. The molecule has 0 amide bonds. The van der Waals surface area contributed by atoms with E-state index in [1.807, 2.05) is 42.1 Å². The maximum Gasteiger partial charge on any atom is 0.340 e. The molecular weight excluding hydrogens is 440 g/mol. The van der Waals surface area contributed by atoms with Crippen LogP contribution in [-0.2, 0) is 17.7 Å². The summed E-state index contributed by atoms with van der Waals surface area (Å²) in [4.78, 5) is 13.2. The molecule has 0 atom stereocenters. The van der Waals surface area contributed by atoms with Crippen LogP contribution in [0, 0.1) is 6.92 Å². The van der Waals surface area contributed by atoms with Gasteiger partial charge in [-0.05, 0) is 37.2 Å². The van der Waals surface area contributed by atoms with Crippen molar-refractivity contribution in [2.75, 3.05) is 19.0 Å². The van der Waals surface area contributed by atoms with E-state index >= 15 is 0 Å². The van der Waals surface area contributed by atoms with Gasteiger partial charge in [0.15, 0.2) is 5.11 Å². The van der Waals surface area contributed by atoms with E-state index in [4.69, 9.17) is 28.6 Å². The number of carbonyl (C=O) groups is 1. The zero-order valence-electron chi connectivity index (χ0n) is 16.8. The van der Waals surface area contributed by atoms with E-state index in [0.29, 0.717) is 27.2 Å². The summed E-state index contributed by atoms with van der Waals surface area (Å²) in [5.41, 5.74) is 2.48. The standard InChI is InChI=1S/C21H23ClN4O2S2/c1-14-18(22)13-26(25-14)10-6-9-23-21(29)24-19-17(20(27)28-2)12-16(30-19)11-15-7-4-3-5-8-15/h3-5,7-8,12-13H,6,9-11H2,1-2H3,(H2,23,24,29). The van der Waals surface area contributed by atoms with Gasteiger partial charge < -0.3 is 15.4 Å². The molecule has 0 radical (unpaired) electrons. The average molecular weight is 463 g/mol. The molecule has 2 aromatic heterocycles. The van der Waals surface area contributed by atoms with Gasteiger partial charge in [-0.3, -0.25) is 4.68 Å². The Morgan fingerprint density at radius 2 is 2.10 bits per heavy atom. The number of aryl methyl sites for hydroxylation is 2. The predicted octanol–water partition coefficient (Wildman–Crippen LogP) is 4.66. The van der Waals surface area contributed by atoms with Crippen LogP contribution in [-0.4, -0.2) is 34.5 Å². The fourth-order valence-electron chi connectivity index (χ4n) is 2.88. The highest BCUT2D eigenvalue weighted by Crippen LogP contribution is 2.30. The van der Waals surface area contributed by atoms with E-state index in [9.17, 15) is 4.79 Å². The molecule has 0 spiro atoms. The van der Waals surface area contributed by atoms with Crippen LogP contribution in [0.2, 0.25) is 5.02 Å². The highest BCUT2D eigenvalue weighted by molar-refractivity contribution is 7.80. The van der Waals surface area contributed by atoms with Crippen LogP contribution in [0.15, 0.2) is 42.6 Å². The van der Waals surface area contributed by atoms with E-state index in [1.54, 1.807) is 0 Å². The number of ether oxygens (including phenoxy) is 1. The van der Waals surface area contributed by atoms with E-state index in [1.165, 1.54) is 24.0 Å². The van der Waals surface area contributed by atoms with Crippen molar-refractivity contribution in [1.29, 1.82) is 0 Å². The maximum atomic E-state index is 12.2. The summed E-state index contributed by atoms with van der Waals surface area (Å²) >= 11 is 12.9. The van der Waals surface area contributed by atoms with Crippen molar-refractivity contribution in [3.63, 3.8) is 0 Å². The summed E-state index contributed by atoms with van der Waals surface area (Å²) in [6.07, 6.45) is 3.38. The lowest BCUT2D eigenvalue weighted by molar-refractivity contribution is 0.0602. The fourth-order valence-corrected chi connectivity index (χ4v) is 4.38. The number of methoxy groups -OCH3 is 1. The number of thiocarbonyl (C=S) groups is 1. The topological polar surface area (TPSA) is 68.2 Å². The minimum atomic E-state index is -0.387. The van der Waals surface area contributed by atoms with Gasteiger partial charge in [0.05, 0.1) is 23.4 Å². The number of rotatable bonds is 8. The largest absolute Gasteiger partial charge is 0.465 e. The summed E-state index contributed by atoms with van der Waals surface area (Å²) in [5.74, 6) is -0.387. The molecule has 0 aliphatic rings. The number of halogens is 1. The Kier molecular flexibility index (Phi) is 7.84. The normalized spacial score (nSPS) is 10.6. The van der Waals surface area contributed by atoms with Gasteiger partial charge in [0.2, 0.25) is 0 Å². The first-order valence-corrected chi connectivity index (χ1v) is 11.1. The predicted molar refractivity (Wildman–Crippen MR) is 126 cm³/mol. The quantitative estimate of drug-likeness (QED) is 0.288. The van der Waals surface area contributed by atoms with Crippen LogP contribution in [0.4, 0.5) is 5.00 Å². The van der Waals surface area contributed by atoms with E-state index in [0.717, 1.165) is 30.0 Å². The Labute approximate surface area is 190 Å². The van der Waals surface area contributed by atoms with Crippen molar-refractivity contribution < 1.29 is 9.53 Å². The SMILES string of the molecule is COC(=O)c1cc(Cc2ccccc2)sc1NC(=S)NCCCn1cc(Cl)c(C)n1. The second kappa shape index (κ2) is 10.6. The van der Waals surface area contributed by atoms with Crippen molar-refractivity contribution in [2.24, 2.45) is 0 Å². The summed E-state index contributed by atoms with van der Waals surface area (Å²) in [5, 5.41) is 12.4. The smallest absolute Gasteiger partial charge is 0.340 e. The number of anilines is 1. The molecule has 3 aromatic rings. The minimum Gasteiger partial charge on any atom is -0.465 e. The Bertz CT molecular complexity index is 998. The summed E-state index contributed by atoms with van der Waals surface area (Å²) in [6, 6.07) is 12.0. The average Bonchev–Trinajstić information content (AvgIpc) is 3.27. The Balaban J connectivity index is 1.56. The third-order valence-electron chi connectivity index (χ3n) is 4.37. The lowest BCUT2D eigenvalue weighted by Crippen LogP contribution is -2.30. The Hall–Kier alpha value is -2.42. The van der Waals surface area contributed by atoms with Gasteiger partial charge in [0.1, 0.15) is 5.00 Å². The van der Waals surface area contributed by atoms with Crippen molar-refractivity contribution in [3.05, 3.63) is 69.3 Å². The monoisotopic (exact) mass is 462 g/mol. The number of nitrogens with zero attached hydrogens (tertiary/aromatic N) is 2. The van der Waals surface area contributed by atoms with Gasteiger partial charge in [-0.1, -0.05) is 41.9 Å². The first kappa shape index (κ1) is 22.3. The highest BCUT2D eigenvalue weighted by Gasteiger charge is 2.18. The van der Waals surface area contributed by atoms with Crippen LogP contribution < -0.4 is 10.6 Å². The number of hydrogen-bond donors (Lipinski definition) is 2. The van der Waals surface area contributed by atoms with Crippen molar-refractivity contribution in [2.45, 2.75) is 26.3 Å². The maximum absolute atomic E-state index is 12.2. The molecule has 2 N–H and O–H groups in total. The van der Waals surface area contributed by atoms with Crippen LogP contribution in [0.3, 0.4) is 0 Å².